The van der Waals surface area contributed by atoms with Crippen LogP contribution in [0.15, 0.2) is 0 Å². The molecule has 2 N–H and O–H groups in total. The molecule has 1 rings (SSSR count). The molecule has 0 aromatic heterocycles. The van der Waals surface area contributed by atoms with Gasteiger partial charge < -0.3 is 10.6 Å². The van der Waals surface area contributed by atoms with Crippen molar-refractivity contribution >= 4 is 5.91 Å². The third kappa shape index (κ3) is 3.45. The number of nitrogens with one attached hydrogen (secondary N) is 2. The topological polar surface area (TPSA) is 41.1 Å². The maximum absolute atomic E-state index is 10.4. The Morgan fingerprint density at radius 1 is 1.50 bits per heavy atom. The van der Waals surface area contributed by atoms with Gasteiger partial charge in [0, 0.05) is 26.1 Å². The van der Waals surface area contributed by atoms with Crippen molar-refractivity contribution < 1.29 is 4.79 Å². The van der Waals surface area contributed by atoms with Crippen molar-refractivity contribution in [3.63, 3.8) is 0 Å². The summed E-state index contributed by atoms with van der Waals surface area (Å²) >= 11 is 0. The van der Waals surface area contributed by atoms with Crippen LogP contribution in [-0.2, 0) is 4.79 Å². The Morgan fingerprint density at radius 2 is 2.20 bits per heavy atom. The summed E-state index contributed by atoms with van der Waals surface area (Å²) in [7, 11) is 0. The average molecular weight is 142 g/mol. The summed E-state index contributed by atoms with van der Waals surface area (Å²) in [6.45, 7) is 3.20. The Balaban J connectivity index is 1.80. The van der Waals surface area contributed by atoms with Crippen LogP contribution in [0.25, 0.3) is 0 Å². The molecular formula is C7H14N2O. The largest absolute Gasteiger partial charge is 0.355 e. The van der Waals surface area contributed by atoms with Gasteiger partial charge in [-0.05, 0) is 12.8 Å². The molecule has 10 heavy (non-hydrogen) atoms. The van der Waals surface area contributed by atoms with Gasteiger partial charge in [-0.2, -0.15) is 0 Å². The van der Waals surface area contributed by atoms with Gasteiger partial charge in [-0.3, -0.25) is 4.79 Å². The van der Waals surface area contributed by atoms with Crippen molar-refractivity contribution in [2.75, 3.05) is 13.1 Å². The second-order valence-corrected chi connectivity index (χ2v) is 2.71. The molecular weight excluding hydrogens is 128 g/mol. The summed E-state index contributed by atoms with van der Waals surface area (Å²) in [6, 6.07) is 0.744. The summed E-state index contributed by atoms with van der Waals surface area (Å²) in [5.74, 6) is 0.0533. The summed E-state index contributed by atoms with van der Waals surface area (Å²) < 4.78 is 0. The van der Waals surface area contributed by atoms with Gasteiger partial charge >= 0.3 is 0 Å². The van der Waals surface area contributed by atoms with Crippen LogP contribution < -0.4 is 10.6 Å². The number of rotatable bonds is 4. The zero-order valence-corrected chi connectivity index (χ0v) is 6.31. The molecule has 0 aromatic carbocycles. The van der Waals surface area contributed by atoms with Crippen molar-refractivity contribution in [1.82, 2.24) is 10.6 Å². The van der Waals surface area contributed by atoms with E-state index in [1.165, 1.54) is 19.8 Å². The number of hydrogen-bond acceptors (Lipinski definition) is 2. The molecule has 1 fully saturated rings. The molecule has 0 atom stereocenters. The first-order chi connectivity index (χ1) is 4.79. The highest BCUT2D eigenvalue weighted by molar-refractivity contribution is 5.72. The highest BCUT2D eigenvalue weighted by Gasteiger charge is 2.19. The van der Waals surface area contributed by atoms with Crippen molar-refractivity contribution in [3.05, 3.63) is 0 Å². The van der Waals surface area contributed by atoms with Crippen LogP contribution in [-0.4, -0.2) is 25.0 Å². The van der Waals surface area contributed by atoms with Crippen LogP contribution in [0.4, 0.5) is 0 Å². The monoisotopic (exact) mass is 142 g/mol. The van der Waals surface area contributed by atoms with Gasteiger partial charge in [0.25, 0.3) is 0 Å². The molecule has 1 aliphatic rings. The van der Waals surface area contributed by atoms with Crippen LogP contribution in [0.3, 0.4) is 0 Å². The smallest absolute Gasteiger partial charge is 0.216 e. The molecule has 0 unspecified atom stereocenters. The van der Waals surface area contributed by atoms with Crippen LogP contribution in [0.1, 0.15) is 19.8 Å². The van der Waals surface area contributed by atoms with E-state index in [0.717, 1.165) is 19.1 Å². The quantitative estimate of drug-likeness (QED) is 0.537. The Kier molecular flexibility index (Phi) is 2.68. The van der Waals surface area contributed by atoms with E-state index in [1.54, 1.807) is 0 Å². The number of hydrogen-bond donors (Lipinski definition) is 2. The normalized spacial score (nSPS) is 16.9. The third-order valence-electron chi connectivity index (χ3n) is 1.51. The van der Waals surface area contributed by atoms with Crippen molar-refractivity contribution in [2.24, 2.45) is 0 Å². The lowest BCUT2D eigenvalue weighted by Gasteiger charge is -2.01. The van der Waals surface area contributed by atoms with Crippen LogP contribution >= 0.6 is 0 Å². The third-order valence-corrected chi connectivity index (χ3v) is 1.51. The van der Waals surface area contributed by atoms with E-state index in [4.69, 9.17) is 0 Å². The second kappa shape index (κ2) is 3.56. The summed E-state index contributed by atoms with van der Waals surface area (Å²) in [6.07, 6.45) is 2.61. The van der Waals surface area contributed by atoms with Crippen LogP contribution in [0.5, 0.6) is 0 Å². The SMILES string of the molecule is CC(=O)NCCNC1CC1. The second-order valence-electron chi connectivity index (χ2n) is 2.71. The Labute approximate surface area is 61.2 Å². The van der Waals surface area contributed by atoms with E-state index < -0.39 is 0 Å². The van der Waals surface area contributed by atoms with Crippen molar-refractivity contribution in [2.45, 2.75) is 25.8 Å². The number of amides is 1. The van der Waals surface area contributed by atoms with Crippen molar-refractivity contribution in [3.8, 4) is 0 Å². The molecule has 0 aromatic rings. The maximum Gasteiger partial charge on any atom is 0.216 e. The van der Waals surface area contributed by atoms with E-state index in [2.05, 4.69) is 10.6 Å². The Morgan fingerprint density at radius 3 is 2.70 bits per heavy atom. The predicted molar refractivity (Wildman–Crippen MR) is 39.7 cm³/mol. The first-order valence-electron chi connectivity index (χ1n) is 3.77. The van der Waals surface area contributed by atoms with Crippen molar-refractivity contribution in [1.29, 1.82) is 0 Å². The molecule has 3 heteroatoms. The lowest BCUT2D eigenvalue weighted by atomic mass is 10.5. The highest BCUT2D eigenvalue weighted by Crippen LogP contribution is 2.17. The fourth-order valence-electron chi connectivity index (χ4n) is 0.802. The Bertz CT molecular complexity index is 121. The van der Waals surface area contributed by atoms with Gasteiger partial charge in [-0.25, -0.2) is 0 Å². The highest BCUT2D eigenvalue weighted by atomic mass is 16.1. The minimum atomic E-state index is 0.0533. The molecule has 58 valence electrons. The van der Waals surface area contributed by atoms with Gasteiger partial charge in [-0.1, -0.05) is 0 Å². The summed E-state index contributed by atoms with van der Waals surface area (Å²) in [5, 5.41) is 6.02. The molecule has 0 aliphatic heterocycles. The average Bonchev–Trinajstić information content (AvgIpc) is 2.62. The Hall–Kier alpha value is -0.570. The molecule has 0 heterocycles. The maximum atomic E-state index is 10.4. The van der Waals surface area contributed by atoms with Crippen LogP contribution in [0.2, 0.25) is 0 Å². The summed E-state index contributed by atoms with van der Waals surface area (Å²) in [4.78, 5) is 10.4. The zero-order valence-electron chi connectivity index (χ0n) is 6.31. The molecule has 0 spiro atoms. The molecule has 0 bridgehead atoms. The molecule has 3 nitrogen and oxygen atoms in total. The minimum Gasteiger partial charge on any atom is -0.355 e. The van der Waals surface area contributed by atoms with Gasteiger partial charge in [0.2, 0.25) is 5.91 Å². The lowest BCUT2D eigenvalue weighted by molar-refractivity contribution is -0.118. The van der Waals surface area contributed by atoms with E-state index in [1.807, 2.05) is 0 Å². The van der Waals surface area contributed by atoms with E-state index in [9.17, 15) is 4.79 Å². The molecule has 0 radical (unpaired) electrons. The number of carbonyl (C=O) groups excluding carboxylic acids is 1. The minimum absolute atomic E-state index is 0.0533. The fraction of sp³-hybridized carbons (Fsp3) is 0.857. The standard InChI is InChI=1S/C7H14N2O/c1-6(10)8-4-5-9-7-2-3-7/h7,9H,2-5H2,1H3,(H,8,10). The molecule has 1 amide bonds. The van der Waals surface area contributed by atoms with Gasteiger partial charge in [0.1, 0.15) is 0 Å². The summed E-state index contributed by atoms with van der Waals surface area (Å²) in [5.41, 5.74) is 0. The van der Waals surface area contributed by atoms with Gasteiger partial charge in [-0.15, -0.1) is 0 Å². The van der Waals surface area contributed by atoms with E-state index >= 15 is 0 Å². The first-order valence-corrected chi connectivity index (χ1v) is 3.77. The first kappa shape index (κ1) is 7.54. The predicted octanol–water partition coefficient (Wildman–Crippen LogP) is -0.126. The number of carbonyl (C=O) groups is 1. The van der Waals surface area contributed by atoms with Gasteiger partial charge in [0.05, 0.1) is 0 Å². The molecule has 1 aliphatic carbocycles. The van der Waals surface area contributed by atoms with Gasteiger partial charge in [0.15, 0.2) is 0 Å². The molecule has 1 saturated carbocycles. The van der Waals surface area contributed by atoms with E-state index in [-0.39, 0.29) is 5.91 Å². The molecule has 0 saturated heterocycles. The fourth-order valence-corrected chi connectivity index (χ4v) is 0.802. The lowest BCUT2D eigenvalue weighted by Crippen LogP contribution is -2.31. The van der Waals surface area contributed by atoms with Crippen LogP contribution in [0, 0.1) is 0 Å². The zero-order chi connectivity index (χ0) is 7.40. The van der Waals surface area contributed by atoms with E-state index in [0.29, 0.717) is 0 Å².